The average Bonchev–Trinajstić information content (AvgIpc) is 1.94. The molecular formula is C9H15F3O2. The standard InChI is InChI=1S/C9H15F3O2/c1-6(2)4-5-8(9(10,11)12)14-7(3)13/h6,8H,4-5H2,1-3H3/t8-/m0/s1. The molecule has 2 nitrogen and oxygen atoms in total. The van der Waals surface area contributed by atoms with Crippen molar-refractivity contribution in [1.29, 1.82) is 0 Å². The van der Waals surface area contributed by atoms with Crippen molar-refractivity contribution < 1.29 is 22.7 Å². The van der Waals surface area contributed by atoms with E-state index in [2.05, 4.69) is 4.74 Å². The number of hydrogen-bond acceptors (Lipinski definition) is 2. The number of esters is 1. The smallest absolute Gasteiger partial charge is 0.425 e. The van der Waals surface area contributed by atoms with Crippen LogP contribution in [0.15, 0.2) is 0 Å². The van der Waals surface area contributed by atoms with Crippen LogP contribution in [0.4, 0.5) is 13.2 Å². The summed E-state index contributed by atoms with van der Waals surface area (Å²) in [6.45, 7) is 4.62. The van der Waals surface area contributed by atoms with E-state index in [1.807, 2.05) is 13.8 Å². The van der Waals surface area contributed by atoms with Gasteiger partial charge in [0, 0.05) is 6.92 Å². The Kier molecular flexibility index (Phi) is 4.94. The Morgan fingerprint density at radius 1 is 1.29 bits per heavy atom. The molecule has 0 fully saturated rings. The van der Waals surface area contributed by atoms with Crippen molar-refractivity contribution in [3.8, 4) is 0 Å². The predicted octanol–water partition coefficient (Wildman–Crippen LogP) is 2.92. The monoisotopic (exact) mass is 212 g/mol. The normalized spacial score (nSPS) is 14.2. The fourth-order valence-electron chi connectivity index (χ4n) is 0.974. The first-order valence-corrected chi connectivity index (χ1v) is 4.47. The highest BCUT2D eigenvalue weighted by molar-refractivity contribution is 5.66. The lowest BCUT2D eigenvalue weighted by molar-refractivity contribution is -0.222. The van der Waals surface area contributed by atoms with Crippen LogP contribution in [0.1, 0.15) is 33.6 Å². The Morgan fingerprint density at radius 3 is 2.07 bits per heavy atom. The number of carbonyl (C=O) groups excluding carboxylic acids is 1. The number of carbonyl (C=O) groups is 1. The molecule has 0 radical (unpaired) electrons. The van der Waals surface area contributed by atoms with Gasteiger partial charge in [-0.15, -0.1) is 0 Å². The molecule has 5 heteroatoms. The number of rotatable bonds is 4. The molecule has 0 N–H and O–H groups in total. The first-order chi connectivity index (χ1) is 6.23. The lowest BCUT2D eigenvalue weighted by Crippen LogP contribution is -2.33. The Labute approximate surface area is 81.4 Å². The molecular weight excluding hydrogens is 197 g/mol. The third kappa shape index (κ3) is 5.83. The summed E-state index contributed by atoms with van der Waals surface area (Å²) < 4.78 is 41.0. The van der Waals surface area contributed by atoms with Crippen molar-refractivity contribution in [2.45, 2.75) is 45.9 Å². The Morgan fingerprint density at radius 2 is 1.79 bits per heavy atom. The van der Waals surface area contributed by atoms with Gasteiger partial charge in [0.1, 0.15) is 0 Å². The molecule has 0 saturated carbocycles. The molecule has 84 valence electrons. The maximum Gasteiger partial charge on any atom is 0.425 e. The Balaban J connectivity index is 4.19. The number of alkyl halides is 3. The Bertz CT molecular complexity index is 187. The number of halogens is 3. The van der Waals surface area contributed by atoms with Crippen molar-refractivity contribution in [3.63, 3.8) is 0 Å². The third-order valence-corrected chi connectivity index (χ3v) is 1.68. The van der Waals surface area contributed by atoms with Crippen LogP contribution in [0, 0.1) is 5.92 Å². The molecule has 0 saturated heterocycles. The van der Waals surface area contributed by atoms with Gasteiger partial charge in [0.25, 0.3) is 0 Å². The minimum absolute atomic E-state index is 0.162. The first kappa shape index (κ1) is 13.3. The van der Waals surface area contributed by atoms with Gasteiger partial charge in [-0.2, -0.15) is 13.2 Å². The highest BCUT2D eigenvalue weighted by atomic mass is 19.4. The largest absolute Gasteiger partial charge is 0.453 e. The van der Waals surface area contributed by atoms with Gasteiger partial charge < -0.3 is 4.74 Å². The highest BCUT2D eigenvalue weighted by Gasteiger charge is 2.41. The van der Waals surface area contributed by atoms with Crippen LogP contribution < -0.4 is 0 Å². The molecule has 1 atom stereocenters. The molecule has 0 aliphatic carbocycles. The molecule has 0 aromatic carbocycles. The maximum atomic E-state index is 12.3. The molecule has 14 heavy (non-hydrogen) atoms. The van der Waals surface area contributed by atoms with Gasteiger partial charge in [-0.1, -0.05) is 13.8 Å². The van der Waals surface area contributed by atoms with Crippen LogP contribution in [0.5, 0.6) is 0 Å². The summed E-state index contributed by atoms with van der Waals surface area (Å²) in [4.78, 5) is 10.4. The third-order valence-electron chi connectivity index (χ3n) is 1.68. The molecule has 0 aromatic rings. The van der Waals surface area contributed by atoms with Gasteiger partial charge >= 0.3 is 12.1 Å². The zero-order valence-corrected chi connectivity index (χ0v) is 8.52. The van der Waals surface area contributed by atoms with E-state index >= 15 is 0 Å². The lowest BCUT2D eigenvalue weighted by atomic mass is 10.0. The average molecular weight is 212 g/mol. The predicted molar refractivity (Wildman–Crippen MR) is 45.7 cm³/mol. The SMILES string of the molecule is CC(=O)O[C@@H](CCC(C)C)C(F)(F)F. The van der Waals surface area contributed by atoms with Crippen molar-refractivity contribution in [2.75, 3.05) is 0 Å². The van der Waals surface area contributed by atoms with Crippen molar-refractivity contribution in [2.24, 2.45) is 5.92 Å². The summed E-state index contributed by atoms with van der Waals surface area (Å²) in [7, 11) is 0. The van der Waals surface area contributed by atoms with E-state index in [0.29, 0.717) is 6.42 Å². The first-order valence-electron chi connectivity index (χ1n) is 4.47. The maximum absolute atomic E-state index is 12.3. The second-order valence-electron chi connectivity index (χ2n) is 3.61. The van der Waals surface area contributed by atoms with Gasteiger partial charge in [-0.05, 0) is 18.8 Å². The van der Waals surface area contributed by atoms with Crippen LogP contribution >= 0.6 is 0 Å². The van der Waals surface area contributed by atoms with E-state index in [0.717, 1.165) is 6.92 Å². The van der Waals surface area contributed by atoms with Gasteiger partial charge in [0.2, 0.25) is 0 Å². The summed E-state index contributed by atoms with van der Waals surface area (Å²) in [5.74, 6) is -0.730. The number of hydrogen-bond donors (Lipinski definition) is 0. The van der Waals surface area contributed by atoms with Crippen LogP contribution in [0.25, 0.3) is 0 Å². The molecule has 0 rings (SSSR count). The summed E-state index contributed by atoms with van der Waals surface area (Å²) in [6.07, 6.45) is -6.19. The summed E-state index contributed by atoms with van der Waals surface area (Å²) in [6, 6.07) is 0. The van der Waals surface area contributed by atoms with E-state index in [4.69, 9.17) is 0 Å². The molecule has 0 aliphatic heterocycles. The minimum Gasteiger partial charge on any atom is -0.453 e. The molecule has 0 aromatic heterocycles. The fraction of sp³-hybridized carbons (Fsp3) is 0.889. The molecule has 0 aliphatic rings. The van der Waals surface area contributed by atoms with Gasteiger partial charge in [0.05, 0.1) is 0 Å². The summed E-state index contributed by atoms with van der Waals surface area (Å²) in [5.41, 5.74) is 0. The van der Waals surface area contributed by atoms with Crippen LogP contribution in [-0.2, 0) is 9.53 Å². The van der Waals surface area contributed by atoms with E-state index in [9.17, 15) is 18.0 Å². The number of ether oxygens (including phenoxy) is 1. The van der Waals surface area contributed by atoms with Crippen molar-refractivity contribution in [3.05, 3.63) is 0 Å². The van der Waals surface area contributed by atoms with Crippen LogP contribution in [0.3, 0.4) is 0 Å². The second kappa shape index (κ2) is 5.22. The van der Waals surface area contributed by atoms with Gasteiger partial charge in [-0.3, -0.25) is 4.79 Å². The van der Waals surface area contributed by atoms with Crippen molar-refractivity contribution >= 4 is 5.97 Å². The second-order valence-corrected chi connectivity index (χ2v) is 3.61. The van der Waals surface area contributed by atoms with Gasteiger partial charge in [-0.25, -0.2) is 0 Å². The van der Waals surface area contributed by atoms with E-state index in [1.54, 1.807) is 0 Å². The van der Waals surface area contributed by atoms with Gasteiger partial charge in [0.15, 0.2) is 6.10 Å². The quantitative estimate of drug-likeness (QED) is 0.670. The zero-order valence-electron chi connectivity index (χ0n) is 8.52. The highest BCUT2D eigenvalue weighted by Crippen LogP contribution is 2.27. The van der Waals surface area contributed by atoms with E-state index in [-0.39, 0.29) is 12.3 Å². The summed E-state index contributed by atoms with van der Waals surface area (Å²) in [5, 5.41) is 0. The summed E-state index contributed by atoms with van der Waals surface area (Å²) >= 11 is 0. The molecule has 0 heterocycles. The van der Waals surface area contributed by atoms with Crippen LogP contribution in [-0.4, -0.2) is 18.2 Å². The lowest BCUT2D eigenvalue weighted by Gasteiger charge is -2.20. The zero-order chi connectivity index (χ0) is 11.4. The molecule has 0 unspecified atom stereocenters. The topological polar surface area (TPSA) is 26.3 Å². The van der Waals surface area contributed by atoms with Crippen LogP contribution in [0.2, 0.25) is 0 Å². The Hall–Kier alpha value is -0.740. The van der Waals surface area contributed by atoms with E-state index in [1.165, 1.54) is 0 Å². The minimum atomic E-state index is -4.46. The molecule has 0 spiro atoms. The molecule has 0 amide bonds. The van der Waals surface area contributed by atoms with E-state index < -0.39 is 18.2 Å². The van der Waals surface area contributed by atoms with Crippen molar-refractivity contribution in [1.82, 2.24) is 0 Å². The molecule has 0 bridgehead atoms. The fourth-order valence-corrected chi connectivity index (χ4v) is 0.974.